The maximum atomic E-state index is 12.1. The van der Waals surface area contributed by atoms with Gasteiger partial charge in [-0.1, -0.05) is 24.3 Å². The molecule has 0 amide bonds. The number of carbonyl (C=O) groups is 2. The number of ether oxygens (including phenoxy) is 1. The summed E-state index contributed by atoms with van der Waals surface area (Å²) in [7, 11) is 1.90. The van der Waals surface area contributed by atoms with Crippen molar-refractivity contribution in [1.82, 2.24) is 9.55 Å². The highest BCUT2D eigenvalue weighted by molar-refractivity contribution is 6.10. The Kier molecular flexibility index (Phi) is 7.50. The average Bonchev–Trinajstić information content (AvgIpc) is 3.17. The van der Waals surface area contributed by atoms with E-state index in [0.29, 0.717) is 6.61 Å². The predicted octanol–water partition coefficient (Wildman–Crippen LogP) is 4.30. The Morgan fingerprint density at radius 2 is 1.83 bits per heavy atom. The van der Waals surface area contributed by atoms with Crippen LogP contribution in [-0.4, -0.2) is 27.7 Å². The molecule has 2 heterocycles. The molecular weight excluding hydrogens is 376 g/mol. The van der Waals surface area contributed by atoms with E-state index < -0.39 is 0 Å². The first-order chi connectivity index (χ1) is 14.6. The fraction of sp³-hybridized carbons (Fsp3) is 0.160. The normalized spacial score (nSPS) is 11.2. The fourth-order valence-corrected chi connectivity index (χ4v) is 2.83. The van der Waals surface area contributed by atoms with Crippen LogP contribution >= 0.6 is 0 Å². The van der Waals surface area contributed by atoms with Crippen LogP contribution in [0.15, 0.2) is 79.1 Å². The third-order valence-electron chi connectivity index (χ3n) is 4.45. The SMILES string of the molecule is Cn1cccc1/C=C/C(=O)CC(=O)/C=C/c1cccc(OCCc2ccccn2)c1. The lowest BCUT2D eigenvalue weighted by Gasteiger charge is -2.06. The Morgan fingerprint density at radius 1 is 1.00 bits per heavy atom. The van der Waals surface area contributed by atoms with Gasteiger partial charge in [-0.2, -0.15) is 0 Å². The molecule has 2 aromatic heterocycles. The molecule has 152 valence electrons. The first-order valence-electron chi connectivity index (χ1n) is 9.76. The van der Waals surface area contributed by atoms with Gasteiger partial charge in [0.15, 0.2) is 11.6 Å². The van der Waals surface area contributed by atoms with Crippen LogP contribution in [0.2, 0.25) is 0 Å². The van der Waals surface area contributed by atoms with Gasteiger partial charge in [0.25, 0.3) is 0 Å². The van der Waals surface area contributed by atoms with E-state index in [0.717, 1.165) is 29.1 Å². The smallest absolute Gasteiger partial charge is 0.163 e. The lowest BCUT2D eigenvalue weighted by molar-refractivity contribution is -0.121. The molecule has 0 saturated heterocycles. The summed E-state index contributed by atoms with van der Waals surface area (Å²) in [6.45, 7) is 0.519. The van der Waals surface area contributed by atoms with Gasteiger partial charge in [-0.3, -0.25) is 14.6 Å². The van der Waals surface area contributed by atoms with E-state index in [9.17, 15) is 9.59 Å². The lowest BCUT2D eigenvalue weighted by Crippen LogP contribution is -2.03. The number of aryl methyl sites for hydroxylation is 1. The molecule has 0 aliphatic heterocycles. The highest BCUT2D eigenvalue weighted by Crippen LogP contribution is 2.15. The molecule has 0 fully saturated rings. The van der Waals surface area contributed by atoms with Gasteiger partial charge in [0.1, 0.15) is 5.75 Å². The van der Waals surface area contributed by atoms with Crippen molar-refractivity contribution >= 4 is 23.7 Å². The Hall–Kier alpha value is -3.73. The number of nitrogens with zero attached hydrogens (tertiary/aromatic N) is 2. The van der Waals surface area contributed by atoms with Crippen LogP contribution in [0.1, 0.15) is 23.4 Å². The van der Waals surface area contributed by atoms with Gasteiger partial charge in [-0.25, -0.2) is 0 Å². The van der Waals surface area contributed by atoms with E-state index in [4.69, 9.17) is 4.74 Å². The van der Waals surface area contributed by atoms with E-state index in [2.05, 4.69) is 4.98 Å². The Morgan fingerprint density at radius 3 is 2.57 bits per heavy atom. The zero-order valence-corrected chi connectivity index (χ0v) is 16.9. The number of allylic oxidation sites excluding steroid dienone is 2. The molecule has 0 unspecified atom stereocenters. The summed E-state index contributed by atoms with van der Waals surface area (Å²) < 4.78 is 7.67. The third-order valence-corrected chi connectivity index (χ3v) is 4.45. The average molecular weight is 400 g/mol. The maximum Gasteiger partial charge on any atom is 0.163 e. The Labute approximate surface area is 176 Å². The molecule has 0 atom stereocenters. The van der Waals surface area contributed by atoms with Gasteiger partial charge in [-0.05, 0) is 60.2 Å². The van der Waals surface area contributed by atoms with E-state index in [1.807, 2.05) is 72.4 Å². The summed E-state index contributed by atoms with van der Waals surface area (Å²) in [5.74, 6) is 0.262. The van der Waals surface area contributed by atoms with Crippen LogP contribution in [0.4, 0.5) is 0 Å². The minimum Gasteiger partial charge on any atom is -0.493 e. The zero-order chi connectivity index (χ0) is 21.2. The van der Waals surface area contributed by atoms with E-state index >= 15 is 0 Å². The quantitative estimate of drug-likeness (QED) is 0.376. The second-order valence-corrected chi connectivity index (χ2v) is 6.81. The topological polar surface area (TPSA) is 61.2 Å². The molecule has 0 bridgehead atoms. The number of aromatic nitrogens is 2. The van der Waals surface area contributed by atoms with Crippen molar-refractivity contribution in [3.05, 3.63) is 96.1 Å². The van der Waals surface area contributed by atoms with Crippen molar-refractivity contribution in [1.29, 1.82) is 0 Å². The minimum atomic E-state index is -0.238. The number of ketones is 2. The summed E-state index contributed by atoms with van der Waals surface area (Å²) in [5, 5.41) is 0. The second-order valence-electron chi connectivity index (χ2n) is 6.81. The van der Waals surface area contributed by atoms with Crippen LogP contribution in [-0.2, 0) is 23.1 Å². The van der Waals surface area contributed by atoms with Crippen molar-refractivity contribution in [2.45, 2.75) is 12.8 Å². The number of carbonyl (C=O) groups excluding carboxylic acids is 2. The lowest BCUT2D eigenvalue weighted by atomic mass is 10.1. The van der Waals surface area contributed by atoms with Crippen molar-refractivity contribution < 1.29 is 14.3 Å². The molecule has 5 nitrogen and oxygen atoms in total. The standard InChI is InChI=1S/C25H24N2O3/c1-27-16-5-8-22(27)11-13-24(29)19-23(28)12-10-20-6-4-9-25(18-20)30-17-14-21-7-2-3-15-26-21/h2-13,15-16,18H,14,17,19H2,1H3/b12-10+,13-11+. The minimum absolute atomic E-state index is 0.155. The van der Waals surface area contributed by atoms with Crippen molar-refractivity contribution in [2.75, 3.05) is 6.61 Å². The molecule has 5 heteroatoms. The van der Waals surface area contributed by atoms with Gasteiger partial charge in [0.05, 0.1) is 13.0 Å². The number of pyridine rings is 1. The first-order valence-corrected chi connectivity index (χ1v) is 9.76. The molecule has 0 spiro atoms. The number of hydrogen-bond acceptors (Lipinski definition) is 4. The van der Waals surface area contributed by atoms with Crippen LogP contribution in [0.3, 0.4) is 0 Å². The highest BCUT2D eigenvalue weighted by Gasteiger charge is 2.04. The molecular formula is C25H24N2O3. The van der Waals surface area contributed by atoms with Crippen molar-refractivity contribution in [3.8, 4) is 5.75 Å². The van der Waals surface area contributed by atoms with Crippen LogP contribution in [0.25, 0.3) is 12.2 Å². The molecule has 3 rings (SSSR count). The molecule has 0 N–H and O–H groups in total. The van der Waals surface area contributed by atoms with Gasteiger partial charge < -0.3 is 9.30 Å². The predicted molar refractivity (Wildman–Crippen MR) is 118 cm³/mol. The number of benzene rings is 1. The molecule has 0 aliphatic carbocycles. The molecule has 0 radical (unpaired) electrons. The van der Waals surface area contributed by atoms with E-state index in [1.165, 1.54) is 12.2 Å². The van der Waals surface area contributed by atoms with Gasteiger partial charge in [0, 0.05) is 37.3 Å². The summed E-state index contributed by atoms with van der Waals surface area (Å²) in [4.78, 5) is 28.3. The second kappa shape index (κ2) is 10.7. The number of hydrogen-bond donors (Lipinski definition) is 0. The number of rotatable bonds is 10. The zero-order valence-electron chi connectivity index (χ0n) is 16.9. The fourth-order valence-electron chi connectivity index (χ4n) is 2.83. The molecule has 30 heavy (non-hydrogen) atoms. The molecule has 1 aromatic carbocycles. The largest absolute Gasteiger partial charge is 0.493 e. The van der Waals surface area contributed by atoms with Crippen LogP contribution < -0.4 is 4.74 Å². The van der Waals surface area contributed by atoms with Gasteiger partial charge >= 0.3 is 0 Å². The highest BCUT2D eigenvalue weighted by atomic mass is 16.5. The summed E-state index contributed by atoms with van der Waals surface area (Å²) in [6, 6.07) is 17.1. The van der Waals surface area contributed by atoms with Crippen LogP contribution in [0.5, 0.6) is 5.75 Å². The van der Waals surface area contributed by atoms with Crippen LogP contribution in [0, 0.1) is 0 Å². The molecule has 3 aromatic rings. The third kappa shape index (κ3) is 6.71. The van der Waals surface area contributed by atoms with E-state index in [1.54, 1.807) is 18.3 Å². The Bertz CT molecular complexity index is 1050. The van der Waals surface area contributed by atoms with E-state index in [-0.39, 0.29) is 18.0 Å². The summed E-state index contributed by atoms with van der Waals surface area (Å²) in [5.41, 5.74) is 2.72. The monoisotopic (exact) mass is 400 g/mol. The summed E-state index contributed by atoms with van der Waals surface area (Å²) in [6.07, 6.45) is 10.5. The first kappa shape index (κ1) is 21.0. The molecule has 0 aliphatic rings. The van der Waals surface area contributed by atoms with Crippen molar-refractivity contribution in [3.63, 3.8) is 0 Å². The van der Waals surface area contributed by atoms with Gasteiger partial charge in [0.2, 0.25) is 0 Å². The maximum absolute atomic E-state index is 12.1. The molecule has 0 saturated carbocycles. The van der Waals surface area contributed by atoms with Gasteiger partial charge in [-0.15, -0.1) is 0 Å². The van der Waals surface area contributed by atoms with Crippen molar-refractivity contribution in [2.24, 2.45) is 7.05 Å². The Balaban J connectivity index is 1.48. The summed E-state index contributed by atoms with van der Waals surface area (Å²) >= 11 is 0.